The van der Waals surface area contributed by atoms with Gasteiger partial charge in [0.15, 0.2) is 0 Å². The molecule has 0 aromatic carbocycles. The van der Waals surface area contributed by atoms with E-state index in [9.17, 15) is 4.79 Å². The van der Waals surface area contributed by atoms with Gasteiger partial charge in [-0.05, 0) is 5.92 Å². The van der Waals surface area contributed by atoms with Gasteiger partial charge in [-0.1, -0.05) is 26.5 Å². The number of ether oxygens (including phenoxy) is 1. The predicted molar refractivity (Wildman–Crippen MR) is 50.4 cm³/mol. The van der Waals surface area contributed by atoms with Crippen molar-refractivity contribution in [1.29, 1.82) is 0 Å². The van der Waals surface area contributed by atoms with E-state index in [1.165, 1.54) is 6.08 Å². The van der Waals surface area contributed by atoms with E-state index in [1.807, 2.05) is 13.8 Å². The molecule has 2 N–H and O–H groups in total. The van der Waals surface area contributed by atoms with Crippen LogP contribution in [0.3, 0.4) is 0 Å². The molecule has 0 aromatic rings. The average molecular weight is 187 g/mol. The fraction of sp³-hybridized carbons (Fsp3) is 0.667. The summed E-state index contributed by atoms with van der Waals surface area (Å²) >= 11 is 0. The van der Waals surface area contributed by atoms with Crippen molar-refractivity contribution in [2.75, 3.05) is 13.2 Å². The maximum atomic E-state index is 11.0. The van der Waals surface area contributed by atoms with E-state index in [0.29, 0.717) is 0 Å². The number of hydrogen-bond donors (Lipinski definition) is 2. The van der Waals surface area contributed by atoms with Crippen molar-refractivity contribution in [3.8, 4) is 0 Å². The van der Waals surface area contributed by atoms with Gasteiger partial charge in [0.2, 0.25) is 0 Å². The van der Waals surface area contributed by atoms with Gasteiger partial charge in [-0.2, -0.15) is 0 Å². The Hall–Kier alpha value is -1.03. The highest BCUT2D eigenvalue weighted by Gasteiger charge is 2.14. The third-order valence-electron chi connectivity index (χ3n) is 1.64. The third-order valence-corrected chi connectivity index (χ3v) is 1.64. The molecule has 4 nitrogen and oxygen atoms in total. The molecule has 0 aliphatic carbocycles. The minimum Gasteiger partial charge on any atom is -0.445 e. The lowest BCUT2D eigenvalue weighted by Crippen LogP contribution is -2.41. The fourth-order valence-corrected chi connectivity index (χ4v) is 0.751. The normalized spacial score (nSPS) is 12.3. The van der Waals surface area contributed by atoms with Crippen LogP contribution >= 0.6 is 0 Å². The van der Waals surface area contributed by atoms with Gasteiger partial charge in [0, 0.05) is 0 Å². The molecule has 0 saturated carbocycles. The first-order valence-corrected chi connectivity index (χ1v) is 4.26. The summed E-state index contributed by atoms with van der Waals surface area (Å²) in [6.07, 6.45) is 0.968. The monoisotopic (exact) mass is 187 g/mol. The molecule has 1 unspecified atom stereocenters. The van der Waals surface area contributed by atoms with Crippen molar-refractivity contribution < 1.29 is 14.6 Å². The number of amides is 1. The molecule has 1 amide bonds. The zero-order valence-corrected chi connectivity index (χ0v) is 8.12. The Morgan fingerprint density at radius 2 is 2.31 bits per heavy atom. The molecule has 4 heteroatoms. The molecule has 0 saturated heterocycles. The Bertz CT molecular complexity index is 168. The Balaban J connectivity index is 3.79. The summed E-state index contributed by atoms with van der Waals surface area (Å²) < 4.78 is 4.69. The molecule has 0 aliphatic rings. The number of alkyl carbamates (subject to hydrolysis) is 1. The summed E-state index contributed by atoms with van der Waals surface area (Å²) in [6.45, 7) is 7.34. The topological polar surface area (TPSA) is 58.6 Å². The van der Waals surface area contributed by atoms with E-state index in [-0.39, 0.29) is 25.2 Å². The molecule has 0 spiro atoms. The minimum absolute atomic E-state index is 0.0825. The van der Waals surface area contributed by atoms with Crippen LogP contribution in [-0.2, 0) is 4.74 Å². The maximum Gasteiger partial charge on any atom is 0.407 e. The van der Waals surface area contributed by atoms with Crippen LogP contribution in [0, 0.1) is 5.92 Å². The molecule has 0 fully saturated rings. The highest BCUT2D eigenvalue weighted by molar-refractivity contribution is 5.67. The molecule has 0 bridgehead atoms. The van der Waals surface area contributed by atoms with Crippen LogP contribution in [0.4, 0.5) is 4.79 Å². The Labute approximate surface area is 78.6 Å². The van der Waals surface area contributed by atoms with E-state index >= 15 is 0 Å². The van der Waals surface area contributed by atoms with Gasteiger partial charge in [-0.3, -0.25) is 0 Å². The number of carbonyl (C=O) groups excluding carboxylic acids is 1. The Morgan fingerprint density at radius 3 is 2.69 bits per heavy atom. The Morgan fingerprint density at radius 1 is 1.69 bits per heavy atom. The lowest BCUT2D eigenvalue weighted by Gasteiger charge is -2.19. The number of nitrogens with one attached hydrogen (secondary N) is 1. The summed E-state index contributed by atoms with van der Waals surface area (Å²) in [5.41, 5.74) is 0. The minimum atomic E-state index is -0.521. The van der Waals surface area contributed by atoms with Crippen LogP contribution in [0.15, 0.2) is 12.7 Å². The smallest absolute Gasteiger partial charge is 0.407 e. The van der Waals surface area contributed by atoms with E-state index in [0.717, 1.165) is 0 Å². The third kappa shape index (κ3) is 5.25. The first kappa shape index (κ1) is 12.0. The molecule has 1 atom stereocenters. The molecular weight excluding hydrogens is 170 g/mol. The Kier molecular flexibility index (Phi) is 5.97. The van der Waals surface area contributed by atoms with E-state index in [2.05, 4.69) is 11.9 Å². The standard InChI is InChI=1S/C9H17NO3/c1-4-5-13-9(12)10-8(6-11)7(2)3/h4,7-8,11H,1,5-6H2,2-3H3,(H,10,12). The lowest BCUT2D eigenvalue weighted by molar-refractivity contribution is 0.138. The quantitative estimate of drug-likeness (QED) is 0.629. The van der Waals surface area contributed by atoms with E-state index in [1.54, 1.807) is 0 Å². The van der Waals surface area contributed by atoms with Gasteiger partial charge in [0.1, 0.15) is 6.61 Å². The summed E-state index contributed by atoms with van der Waals surface area (Å²) in [7, 11) is 0. The molecule has 13 heavy (non-hydrogen) atoms. The van der Waals surface area contributed by atoms with Crippen LogP contribution in [0.25, 0.3) is 0 Å². The SMILES string of the molecule is C=CCOC(=O)NC(CO)C(C)C. The number of aliphatic hydroxyl groups excluding tert-OH is 1. The summed E-state index contributed by atoms with van der Waals surface area (Å²) in [4.78, 5) is 11.0. The van der Waals surface area contributed by atoms with Crippen LogP contribution < -0.4 is 5.32 Å². The second-order valence-electron chi connectivity index (χ2n) is 3.06. The average Bonchev–Trinajstić information content (AvgIpc) is 2.10. The zero-order chi connectivity index (χ0) is 10.3. The van der Waals surface area contributed by atoms with Crippen LogP contribution in [0.2, 0.25) is 0 Å². The first-order valence-electron chi connectivity index (χ1n) is 4.26. The molecule has 0 rings (SSSR count). The zero-order valence-electron chi connectivity index (χ0n) is 8.12. The summed E-state index contributed by atoms with van der Waals surface area (Å²) in [6, 6.07) is -0.252. The van der Waals surface area contributed by atoms with Crippen LogP contribution in [0.1, 0.15) is 13.8 Å². The molecule has 0 aromatic heterocycles. The highest BCUT2D eigenvalue weighted by atomic mass is 16.5. The van der Waals surface area contributed by atoms with Gasteiger partial charge in [-0.25, -0.2) is 4.79 Å². The molecular formula is C9H17NO3. The van der Waals surface area contributed by atoms with Crippen LogP contribution in [0.5, 0.6) is 0 Å². The van der Waals surface area contributed by atoms with Gasteiger partial charge in [0.05, 0.1) is 12.6 Å². The number of rotatable bonds is 5. The van der Waals surface area contributed by atoms with Gasteiger partial charge in [-0.15, -0.1) is 0 Å². The number of hydrogen-bond acceptors (Lipinski definition) is 3. The maximum absolute atomic E-state index is 11.0. The van der Waals surface area contributed by atoms with Crippen molar-refractivity contribution in [3.05, 3.63) is 12.7 Å². The van der Waals surface area contributed by atoms with Crippen molar-refractivity contribution in [2.45, 2.75) is 19.9 Å². The fourth-order valence-electron chi connectivity index (χ4n) is 0.751. The number of aliphatic hydroxyl groups is 1. The summed E-state index contributed by atoms with van der Waals surface area (Å²) in [5, 5.41) is 11.4. The molecule has 0 radical (unpaired) electrons. The lowest BCUT2D eigenvalue weighted by atomic mass is 10.1. The largest absolute Gasteiger partial charge is 0.445 e. The van der Waals surface area contributed by atoms with Crippen LogP contribution in [-0.4, -0.2) is 30.5 Å². The van der Waals surface area contributed by atoms with Gasteiger partial charge in [0.25, 0.3) is 0 Å². The second kappa shape index (κ2) is 6.48. The molecule has 0 aliphatic heterocycles. The molecule has 76 valence electrons. The second-order valence-corrected chi connectivity index (χ2v) is 3.06. The van der Waals surface area contributed by atoms with Crippen molar-refractivity contribution >= 4 is 6.09 Å². The van der Waals surface area contributed by atoms with Crippen molar-refractivity contribution in [1.82, 2.24) is 5.32 Å². The van der Waals surface area contributed by atoms with Crippen molar-refractivity contribution in [3.63, 3.8) is 0 Å². The van der Waals surface area contributed by atoms with E-state index in [4.69, 9.17) is 9.84 Å². The van der Waals surface area contributed by atoms with Crippen molar-refractivity contribution in [2.24, 2.45) is 5.92 Å². The number of carbonyl (C=O) groups is 1. The van der Waals surface area contributed by atoms with E-state index < -0.39 is 6.09 Å². The predicted octanol–water partition coefficient (Wildman–Crippen LogP) is 0.915. The van der Waals surface area contributed by atoms with Gasteiger partial charge < -0.3 is 15.2 Å². The molecule has 0 heterocycles. The first-order chi connectivity index (χ1) is 6.11. The highest BCUT2D eigenvalue weighted by Crippen LogP contribution is 2.00. The summed E-state index contributed by atoms with van der Waals surface area (Å²) in [5.74, 6) is 0.182. The van der Waals surface area contributed by atoms with Gasteiger partial charge >= 0.3 is 6.09 Å².